The van der Waals surface area contributed by atoms with Gasteiger partial charge in [0, 0.05) is 12.1 Å². The molecule has 0 aliphatic carbocycles. The van der Waals surface area contributed by atoms with E-state index in [0.29, 0.717) is 6.54 Å². The van der Waals surface area contributed by atoms with Crippen molar-refractivity contribution < 1.29 is 13.2 Å². The average molecular weight is 234 g/mol. The number of hydrogen-bond donors (Lipinski definition) is 2. The molecule has 0 saturated carbocycles. The van der Waals surface area contributed by atoms with Crippen LogP contribution < -0.4 is 11.1 Å². The van der Waals surface area contributed by atoms with Crippen molar-refractivity contribution in [2.75, 3.05) is 12.3 Å². The van der Waals surface area contributed by atoms with E-state index in [9.17, 15) is 13.2 Å². The molecule has 4 nitrogen and oxygen atoms in total. The Labute approximate surface area is 90.6 Å². The average Bonchev–Trinajstić information content (AvgIpc) is 2.76. The van der Waals surface area contributed by atoms with Gasteiger partial charge in [0.2, 0.25) is 0 Å². The zero-order valence-corrected chi connectivity index (χ0v) is 8.59. The summed E-state index contributed by atoms with van der Waals surface area (Å²) < 4.78 is 38.3. The van der Waals surface area contributed by atoms with Crippen molar-refractivity contribution in [3.63, 3.8) is 0 Å². The molecule has 1 aliphatic rings. The van der Waals surface area contributed by atoms with Crippen LogP contribution in [-0.4, -0.2) is 22.4 Å². The summed E-state index contributed by atoms with van der Waals surface area (Å²) in [6.45, 7) is 1.29. The van der Waals surface area contributed by atoms with E-state index in [2.05, 4.69) is 10.4 Å². The summed E-state index contributed by atoms with van der Waals surface area (Å²) >= 11 is 0. The smallest absolute Gasteiger partial charge is 0.384 e. The molecule has 0 bridgehead atoms. The van der Waals surface area contributed by atoms with Gasteiger partial charge >= 0.3 is 6.18 Å². The van der Waals surface area contributed by atoms with Crippen molar-refractivity contribution >= 4 is 5.82 Å². The van der Waals surface area contributed by atoms with Crippen molar-refractivity contribution in [3.05, 3.63) is 11.8 Å². The highest BCUT2D eigenvalue weighted by Crippen LogP contribution is 2.29. The number of nitrogen functional groups attached to an aromatic ring is 1. The van der Waals surface area contributed by atoms with Gasteiger partial charge in [-0.05, 0) is 19.4 Å². The molecule has 2 rings (SSSR count). The number of anilines is 1. The maximum atomic E-state index is 12.3. The third kappa shape index (κ3) is 2.29. The Hall–Kier alpha value is -1.24. The standard InChI is InChI=1S/C9H13F3N4/c10-9(11,12)7-4-8(13)16(15-7)5-6-2-1-3-14-6/h4,6,14H,1-3,5,13H2/t6-/m0/s1. The number of aromatic nitrogens is 2. The Morgan fingerprint density at radius 3 is 2.81 bits per heavy atom. The van der Waals surface area contributed by atoms with E-state index in [4.69, 9.17) is 5.73 Å². The molecule has 90 valence electrons. The van der Waals surface area contributed by atoms with Crippen LogP contribution in [0.5, 0.6) is 0 Å². The Morgan fingerprint density at radius 1 is 1.56 bits per heavy atom. The highest BCUT2D eigenvalue weighted by Gasteiger charge is 2.34. The number of rotatable bonds is 2. The second kappa shape index (κ2) is 3.97. The van der Waals surface area contributed by atoms with Crippen LogP contribution in [0.25, 0.3) is 0 Å². The van der Waals surface area contributed by atoms with Crippen LogP contribution in [0.1, 0.15) is 18.5 Å². The molecular weight excluding hydrogens is 221 g/mol. The molecule has 16 heavy (non-hydrogen) atoms. The molecule has 1 fully saturated rings. The fourth-order valence-corrected chi connectivity index (χ4v) is 1.84. The number of nitrogens with two attached hydrogens (primary N) is 1. The predicted octanol–water partition coefficient (Wildman–Crippen LogP) is 1.24. The minimum Gasteiger partial charge on any atom is -0.384 e. The quantitative estimate of drug-likeness (QED) is 0.809. The normalized spacial score (nSPS) is 21.6. The molecule has 3 N–H and O–H groups in total. The molecule has 1 aromatic rings. The first-order valence-electron chi connectivity index (χ1n) is 5.11. The van der Waals surface area contributed by atoms with Gasteiger partial charge in [-0.15, -0.1) is 0 Å². The van der Waals surface area contributed by atoms with Gasteiger partial charge in [0.1, 0.15) is 5.82 Å². The van der Waals surface area contributed by atoms with Crippen molar-refractivity contribution in [1.82, 2.24) is 15.1 Å². The Balaban J connectivity index is 2.12. The van der Waals surface area contributed by atoms with E-state index >= 15 is 0 Å². The fraction of sp³-hybridized carbons (Fsp3) is 0.667. The SMILES string of the molecule is Nc1cc(C(F)(F)F)nn1C[C@@H]1CCCN1. The van der Waals surface area contributed by atoms with Crippen LogP contribution in [0.2, 0.25) is 0 Å². The minimum atomic E-state index is -4.43. The van der Waals surface area contributed by atoms with Crippen LogP contribution in [0.3, 0.4) is 0 Å². The number of nitrogens with zero attached hydrogens (tertiary/aromatic N) is 2. The predicted molar refractivity (Wildman–Crippen MR) is 52.7 cm³/mol. The van der Waals surface area contributed by atoms with Crippen LogP contribution in [0.4, 0.5) is 19.0 Å². The van der Waals surface area contributed by atoms with Gasteiger partial charge in [0.15, 0.2) is 5.69 Å². The summed E-state index contributed by atoms with van der Waals surface area (Å²) in [6, 6.07) is 1.04. The Kier molecular flexibility index (Phi) is 2.79. The first-order valence-corrected chi connectivity index (χ1v) is 5.11. The van der Waals surface area contributed by atoms with Crippen molar-refractivity contribution in [2.45, 2.75) is 31.6 Å². The highest BCUT2D eigenvalue weighted by molar-refractivity contribution is 5.32. The van der Waals surface area contributed by atoms with Crippen LogP contribution in [0, 0.1) is 0 Å². The lowest BCUT2D eigenvalue weighted by molar-refractivity contribution is -0.141. The molecule has 1 atom stereocenters. The number of alkyl halides is 3. The Bertz CT molecular complexity index is 365. The molecular formula is C9H13F3N4. The first kappa shape index (κ1) is 11.3. The fourth-order valence-electron chi connectivity index (χ4n) is 1.84. The second-order valence-electron chi connectivity index (χ2n) is 3.93. The van der Waals surface area contributed by atoms with Gasteiger partial charge in [0.25, 0.3) is 0 Å². The third-order valence-electron chi connectivity index (χ3n) is 2.66. The van der Waals surface area contributed by atoms with Gasteiger partial charge in [-0.1, -0.05) is 0 Å². The zero-order chi connectivity index (χ0) is 11.8. The summed E-state index contributed by atoms with van der Waals surface area (Å²) in [4.78, 5) is 0. The maximum absolute atomic E-state index is 12.3. The molecule has 1 aromatic heterocycles. The molecule has 0 amide bonds. The lowest BCUT2D eigenvalue weighted by Crippen LogP contribution is -2.28. The molecule has 2 heterocycles. The highest BCUT2D eigenvalue weighted by atomic mass is 19.4. The van der Waals surface area contributed by atoms with E-state index in [0.717, 1.165) is 25.5 Å². The van der Waals surface area contributed by atoms with Crippen LogP contribution >= 0.6 is 0 Å². The summed E-state index contributed by atoms with van der Waals surface area (Å²) in [6.07, 6.45) is -2.44. The van der Waals surface area contributed by atoms with Gasteiger partial charge in [0.05, 0.1) is 6.54 Å². The maximum Gasteiger partial charge on any atom is 0.435 e. The molecule has 0 radical (unpaired) electrons. The molecule has 7 heteroatoms. The molecule has 0 aromatic carbocycles. The van der Waals surface area contributed by atoms with E-state index in [1.807, 2.05) is 0 Å². The first-order chi connectivity index (χ1) is 7.47. The molecule has 1 saturated heterocycles. The minimum absolute atomic E-state index is 0.0565. The summed E-state index contributed by atoms with van der Waals surface area (Å²) in [5.41, 5.74) is 4.56. The lowest BCUT2D eigenvalue weighted by Gasteiger charge is -2.11. The van der Waals surface area contributed by atoms with Gasteiger partial charge < -0.3 is 11.1 Å². The van der Waals surface area contributed by atoms with Crippen molar-refractivity contribution in [1.29, 1.82) is 0 Å². The lowest BCUT2D eigenvalue weighted by atomic mass is 10.2. The van der Waals surface area contributed by atoms with E-state index in [1.165, 1.54) is 4.68 Å². The third-order valence-corrected chi connectivity index (χ3v) is 2.66. The summed E-state index contributed by atoms with van der Waals surface area (Å²) in [7, 11) is 0. The van der Waals surface area contributed by atoms with Gasteiger partial charge in [-0.25, -0.2) is 4.68 Å². The zero-order valence-electron chi connectivity index (χ0n) is 8.59. The summed E-state index contributed by atoms with van der Waals surface area (Å²) in [5, 5.41) is 6.65. The monoisotopic (exact) mass is 234 g/mol. The molecule has 0 spiro atoms. The Morgan fingerprint density at radius 2 is 2.31 bits per heavy atom. The number of nitrogens with one attached hydrogen (secondary N) is 1. The number of halogens is 3. The number of hydrogen-bond acceptors (Lipinski definition) is 3. The van der Waals surface area contributed by atoms with E-state index in [1.54, 1.807) is 0 Å². The summed E-state index contributed by atoms with van der Waals surface area (Å²) in [5.74, 6) is 0.0565. The van der Waals surface area contributed by atoms with Crippen molar-refractivity contribution in [2.24, 2.45) is 0 Å². The molecule has 1 aliphatic heterocycles. The van der Waals surface area contributed by atoms with Crippen LogP contribution in [0.15, 0.2) is 6.07 Å². The van der Waals surface area contributed by atoms with Crippen molar-refractivity contribution in [3.8, 4) is 0 Å². The van der Waals surface area contributed by atoms with E-state index < -0.39 is 11.9 Å². The van der Waals surface area contributed by atoms with Crippen LogP contribution in [-0.2, 0) is 12.7 Å². The largest absolute Gasteiger partial charge is 0.435 e. The molecule has 0 unspecified atom stereocenters. The van der Waals surface area contributed by atoms with Gasteiger partial charge in [-0.2, -0.15) is 18.3 Å². The van der Waals surface area contributed by atoms with E-state index in [-0.39, 0.29) is 11.9 Å². The second-order valence-corrected chi connectivity index (χ2v) is 3.93. The van der Waals surface area contributed by atoms with Gasteiger partial charge in [-0.3, -0.25) is 0 Å². The topological polar surface area (TPSA) is 55.9 Å².